The second-order valence-electron chi connectivity index (χ2n) is 6.55. The van der Waals surface area contributed by atoms with Crippen molar-refractivity contribution in [1.29, 1.82) is 0 Å². The van der Waals surface area contributed by atoms with Crippen LogP contribution < -0.4 is 5.32 Å². The summed E-state index contributed by atoms with van der Waals surface area (Å²) in [5.41, 5.74) is 2.33. The van der Waals surface area contributed by atoms with E-state index in [9.17, 15) is 13.2 Å². The largest absolute Gasteiger partial charge is 0.347 e. The zero-order valence-electron chi connectivity index (χ0n) is 13.2. The predicted molar refractivity (Wildman–Crippen MR) is 90.1 cm³/mol. The first-order valence-corrected chi connectivity index (χ1v) is 10.0. The van der Waals surface area contributed by atoms with Gasteiger partial charge < -0.3 is 5.32 Å². The summed E-state index contributed by atoms with van der Waals surface area (Å²) in [5.74, 6) is 0.317. The standard InChI is InChI=1S/C17H19N3O3S/c21-17(18-13-8-9-24(22,23)11-13)15-10-16(12-6-7-12)20(19-15)14-4-2-1-3-5-14/h1-5,10,12-13H,6-9,11H2,(H,18,21). The molecular formula is C17H19N3O3S. The minimum atomic E-state index is -3.01. The van der Waals surface area contributed by atoms with Crippen LogP contribution in [-0.4, -0.2) is 41.7 Å². The molecule has 2 fully saturated rings. The Morgan fingerprint density at radius 1 is 1.17 bits per heavy atom. The maximum atomic E-state index is 12.5. The molecule has 1 unspecified atom stereocenters. The zero-order chi connectivity index (χ0) is 16.7. The van der Waals surface area contributed by atoms with Crippen molar-refractivity contribution in [3.05, 3.63) is 47.8 Å². The third kappa shape index (κ3) is 3.08. The van der Waals surface area contributed by atoms with E-state index in [0.29, 0.717) is 18.0 Å². The van der Waals surface area contributed by atoms with Crippen LogP contribution in [0.15, 0.2) is 36.4 Å². The van der Waals surface area contributed by atoms with E-state index in [1.54, 1.807) is 0 Å². The van der Waals surface area contributed by atoms with Gasteiger partial charge in [0.2, 0.25) is 0 Å². The van der Waals surface area contributed by atoms with Gasteiger partial charge in [0, 0.05) is 17.7 Å². The fraction of sp³-hybridized carbons (Fsp3) is 0.412. The van der Waals surface area contributed by atoms with Crippen LogP contribution >= 0.6 is 0 Å². The molecule has 1 N–H and O–H groups in total. The monoisotopic (exact) mass is 345 g/mol. The minimum Gasteiger partial charge on any atom is -0.347 e. The molecule has 7 heteroatoms. The summed E-state index contributed by atoms with van der Waals surface area (Å²) >= 11 is 0. The lowest BCUT2D eigenvalue weighted by Crippen LogP contribution is -2.35. The number of sulfone groups is 1. The summed E-state index contributed by atoms with van der Waals surface area (Å²) in [5, 5.41) is 7.28. The molecule has 2 aromatic rings. The highest BCUT2D eigenvalue weighted by atomic mass is 32.2. The molecule has 1 amide bonds. The van der Waals surface area contributed by atoms with E-state index < -0.39 is 9.84 Å². The molecule has 1 saturated carbocycles. The fourth-order valence-electron chi connectivity index (χ4n) is 3.12. The Morgan fingerprint density at radius 2 is 1.92 bits per heavy atom. The summed E-state index contributed by atoms with van der Waals surface area (Å²) in [7, 11) is -3.01. The topological polar surface area (TPSA) is 81.1 Å². The lowest BCUT2D eigenvalue weighted by atomic mass is 10.2. The van der Waals surface area contributed by atoms with E-state index >= 15 is 0 Å². The number of benzene rings is 1. The maximum Gasteiger partial charge on any atom is 0.272 e. The zero-order valence-corrected chi connectivity index (χ0v) is 14.0. The van der Waals surface area contributed by atoms with E-state index in [1.807, 2.05) is 41.1 Å². The highest BCUT2D eigenvalue weighted by molar-refractivity contribution is 7.91. The van der Waals surface area contributed by atoms with Crippen LogP contribution in [-0.2, 0) is 9.84 Å². The van der Waals surface area contributed by atoms with Crippen molar-refractivity contribution < 1.29 is 13.2 Å². The molecule has 0 spiro atoms. The first kappa shape index (κ1) is 15.4. The number of hydrogen-bond acceptors (Lipinski definition) is 4. The van der Waals surface area contributed by atoms with Gasteiger partial charge in [-0.3, -0.25) is 4.79 Å². The molecule has 1 atom stereocenters. The second-order valence-corrected chi connectivity index (χ2v) is 8.78. The number of carbonyl (C=O) groups excluding carboxylic acids is 1. The number of carbonyl (C=O) groups is 1. The van der Waals surface area contributed by atoms with Crippen molar-refractivity contribution in [2.75, 3.05) is 11.5 Å². The highest BCUT2D eigenvalue weighted by Crippen LogP contribution is 2.41. The number of aromatic nitrogens is 2. The van der Waals surface area contributed by atoms with Gasteiger partial charge in [0.05, 0.1) is 17.2 Å². The van der Waals surface area contributed by atoms with E-state index in [4.69, 9.17) is 0 Å². The molecule has 6 nitrogen and oxygen atoms in total. The number of para-hydroxylation sites is 1. The predicted octanol–water partition coefficient (Wildman–Crippen LogP) is 1.67. The van der Waals surface area contributed by atoms with E-state index in [2.05, 4.69) is 10.4 Å². The van der Waals surface area contributed by atoms with Crippen LogP contribution in [0.1, 0.15) is 41.4 Å². The van der Waals surface area contributed by atoms with Crippen molar-refractivity contribution in [2.45, 2.75) is 31.2 Å². The van der Waals surface area contributed by atoms with Crippen LogP contribution in [0.3, 0.4) is 0 Å². The third-order valence-corrected chi connectivity index (χ3v) is 6.30. The molecule has 24 heavy (non-hydrogen) atoms. The fourth-order valence-corrected chi connectivity index (χ4v) is 4.79. The first-order valence-electron chi connectivity index (χ1n) is 8.18. The quantitative estimate of drug-likeness (QED) is 0.914. The molecule has 0 bridgehead atoms. The average molecular weight is 345 g/mol. The smallest absolute Gasteiger partial charge is 0.272 e. The van der Waals surface area contributed by atoms with Gasteiger partial charge in [0.1, 0.15) is 0 Å². The van der Waals surface area contributed by atoms with Gasteiger partial charge in [-0.15, -0.1) is 0 Å². The van der Waals surface area contributed by atoms with Gasteiger partial charge >= 0.3 is 0 Å². The van der Waals surface area contributed by atoms with Crippen LogP contribution in [0.2, 0.25) is 0 Å². The van der Waals surface area contributed by atoms with Crippen LogP contribution in [0, 0.1) is 0 Å². The number of amides is 1. The molecule has 1 aliphatic heterocycles. The Hall–Kier alpha value is -2.15. The maximum absolute atomic E-state index is 12.5. The molecule has 4 rings (SSSR count). The number of rotatable bonds is 4. The molecule has 1 aliphatic carbocycles. The molecule has 1 aromatic heterocycles. The molecule has 0 radical (unpaired) electrons. The number of hydrogen-bond donors (Lipinski definition) is 1. The van der Waals surface area contributed by atoms with Gasteiger partial charge in [-0.2, -0.15) is 5.10 Å². The van der Waals surface area contributed by atoms with Gasteiger partial charge in [-0.25, -0.2) is 13.1 Å². The Bertz CT molecular complexity index is 870. The molecule has 1 saturated heterocycles. The summed E-state index contributed by atoms with van der Waals surface area (Å²) in [6.45, 7) is 0. The number of nitrogens with zero attached hydrogens (tertiary/aromatic N) is 2. The molecule has 2 aliphatic rings. The van der Waals surface area contributed by atoms with Crippen LogP contribution in [0.25, 0.3) is 5.69 Å². The van der Waals surface area contributed by atoms with Gasteiger partial charge in [0.15, 0.2) is 15.5 Å². The normalized spacial score (nSPS) is 22.4. The SMILES string of the molecule is O=C(NC1CCS(=O)(=O)C1)c1cc(C2CC2)n(-c2ccccc2)n1. The van der Waals surface area contributed by atoms with Crippen LogP contribution in [0.5, 0.6) is 0 Å². The third-order valence-electron chi connectivity index (χ3n) is 4.53. The molecule has 126 valence electrons. The van der Waals surface area contributed by atoms with Crippen molar-refractivity contribution >= 4 is 15.7 Å². The summed E-state index contributed by atoms with van der Waals surface area (Å²) < 4.78 is 24.9. The lowest BCUT2D eigenvalue weighted by molar-refractivity contribution is 0.0935. The van der Waals surface area contributed by atoms with E-state index in [0.717, 1.165) is 24.2 Å². The van der Waals surface area contributed by atoms with Crippen molar-refractivity contribution in [3.63, 3.8) is 0 Å². The Balaban J connectivity index is 1.58. The lowest BCUT2D eigenvalue weighted by Gasteiger charge is -2.09. The van der Waals surface area contributed by atoms with Gasteiger partial charge in [-0.05, 0) is 37.5 Å². The average Bonchev–Trinajstić information content (AvgIpc) is 3.21. The Morgan fingerprint density at radius 3 is 2.54 bits per heavy atom. The highest BCUT2D eigenvalue weighted by Gasteiger charge is 2.32. The first-order chi connectivity index (χ1) is 11.5. The Kier molecular flexibility index (Phi) is 3.68. The molecular weight excluding hydrogens is 326 g/mol. The van der Waals surface area contributed by atoms with Gasteiger partial charge in [-0.1, -0.05) is 18.2 Å². The van der Waals surface area contributed by atoms with Crippen molar-refractivity contribution in [3.8, 4) is 5.69 Å². The minimum absolute atomic E-state index is 0.0214. The molecule has 2 heterocycles. The summed E-state index contributed by atoms with van der Waals surface area (Å²) in [6.07, 6.45) is 2.70. The molecule has 1 aromatic carbocycles. The van der Waals surface area contributed by atoms with Crippen LogP contribution in [0.4, 0.5) is 0 Å². The van der Waals surface area contributed by atoms with Crippen molar-refractivity contribution in [2.24, 2.45) is 0 Å². The second kappa shape index (κ2) is 5.73. The van der Waals surface area contributed by atoms with E-state index in [1.165, 1.54) is 0 Å². The summed E-state index contributed by atoms with van der Waals surface area (Å²) in [4.78, 5) is 12.5. The van der Waals surface area contributed by atoms with Gasteiger partial charge in [0.25, 0.3) is 5.91 Å². The Labute approximate surface area is 140 Å². The van der Waals surface area contributed by atoms with E-state index in [-0.39, 0.29) is 23.5 Å². The number of nitrogens with one attached hydrogen (secondary N) is 1. The summed E-state index contributed by atoms with van der Waals surface area (Å²) in [6, 6.07) is 11.3. The van der Waals surface area contributed by atoms with Crippen molar-refractivity contribution in [1.82, 2.24) is 15.1 Å².